The highest BCUT2D eigenvalue weighted by atomic mass is 31.2. The molecule has 126 valence electrons. The van der Waals surface area contributed by atoms with Gasteiger partial charge in [0.15, 0.2) is 6.10 Å². The zero-order valence-corrected chi connectivity index (χ0v) is 13.8. The fourth-order valence-corrected chi connectivity index (χ4v) is 3.91. The van der Waals surface area contributed by atoms with E-state index < -0.39 is 19.4 Å². The molecule has 0 saturated heterocycles. The summed E-state index contributed by atoms with van der Waals surface area (Å²) in [6.07, 6.45) is -2.31. The number of alkyl halides is 2. The highest BCUT2D eigenvalue weighted by molar-refractivity contribution is 7.55. The van der Waals surface area contributed by atoms with E-state index in [9.17, 15) is 18.5 Å². The summed E-state index contributed by atoms with van der Waals surface area (Å²) < 4.78 is 51.2. The second-order valence-corrected chi connectivity index (χ2v) is 7.00. The Morgan fingerprint density at radius 3 is 2.26 bits per heavy atom. The molecule has 0 bridgehead atoms. The van der Waals surface area contributed by atoms with Crippen molar-refractivity contribution in [3.8, 4) is 0 Å². The van der Waals surface area contributed by atoms with Crippen molar-refractivity contribution in [1.29, 1.82) is 0 Å². The first-order chi connectivity index (χ1) is 10.9. The maximum absolute atomic E-state index is 14.7. The van der Waals surface area contributed by atoms with Gasteiger partial charge in [-0.05, 0) is 30.2 Å². The number of fused-ring (bicyclic) bond motifs is 1. The molecule has 4 nitrogen and oxygen atoms in total. The molecule has 2 aromatic rings. The largest absolute Gasteiger partial charge is 0.402 e. The Labute approximate surface area is 133 Å². The van der Waals surface area contributed by atoms with Crippen LogP contribution in [0.5, 0.6) is 0 Å². The Morgan fingerprint density at radius 2 is 1.65 bits per heavy atom. The third kappa shape index (κ3) is 3.31. The number of halogens is 2. The predicted octanol–water partition coefficient (Wildman–Crippen LogP) is 4.73. The molecule has 1 unspecified atom stereocenters. The monoisotopic (exact) mass is 344 g/mol. The molecule has 0 heterocycles. The molecule has 0 aromatic heterocycles. The standard InChI is InChI=1S/C16H19F2O4P/c1-3-21-23(20,22-4-2)16(17,18)15(19)14-11-7-9-12-8-5-6-10-13(12)14/h5-11,15,19H,3-4H2,1-2H3. The molecule has 0 fully saturated rings. The molecule has 1 N–H and O–H groups in total. The van der Waals surface area contributed by atoms with Crippen LogP contribution < -0.4 is 0 Å². The maximum atomic E-state index is 14.7. The third-order valence-corrected chi connectivity index (χ3v) is 5.58. The minimum Gasteiger partial charge on any atom is -0.381 e. The van der Waals surface area contributed by atoms with E-state index in [-0.39, 0.29) is 18.8 Å². The number of hydrogen-bond donors (Lipinski definition) is 1. The van der Waals surface area contributed by atoms with Crippen LogP contribution in [0, 0.1) is 0 Å². The van der Waals surface area contributed by atoms with Gasteiger partial charge in [-0.3, -0.25) is 4.57 Å². The van der Waals surface area contributed by atoms with Crippen LogP contribution in [-0.4, -0.2) is 24.0 Å². The van der Waals surface area contributed by atoms with E-state index in [2.05, 4.69) is 0 Å². The summed E-state index contributed by atoms with van der Waals surface area (Å²) >= 11 is 0. The third-order valence-electron chi connectivity index (χ3n) is 3.41. The van der Waals surface area contributed by atoms with Gasteiger partial charge in [-0.2, -0.15) is 8.78 Å². The Hall–Kier alpha value is -1.33. The maximum Gasteiger partial charge on any atom is 0.402 e. The second-order valence-electron chi connectivity index (χ2n) is 4.89. The number of benzene rings is 2. The van der Waals surface area contributed by atoms with Gasteiger partial charge in [-0.1, -0.05) is 42.5 Å². The SMILES string of the molecule is CCOP(=O)(OCC)C(F)(F)C(O)c1cccc2ccccc12. The first-order valence-corrected chi connectivity index (χ1v) is 8.84. The van der Waals surface area contributed by atoms with Crippen molar-refractivity contribution in [2.24, 2.45) is 0 Å². The van der Waals surface area contributed by atoms with E-state index in [0.29, 0.717) is 10.8 Å². The Balaban J connectivity index is 2.51. The highest BCUT2D eigenvalue weighted by Crippen LogP contribution is 2.66. The number of rotatable bonds is 7. The Kier molecular flexibility index (Phi) is 5.53. The number of hydrogen-bond acceptors (Lipinski definition) is 4. The van der Waals surface area contributed by atoms with Crippen LogP contribution in [0.2, 0.25) is 0 Å². The Bertz CT molecular complexity index is 705. The molecule has 0 amide bonds. The van der Waals surface area contributed by atoms with E-state index in [1.807, 2.05) is 0 Å². The molecule has 0 saturated carbocycles. The summed E-state index contributed by atoms with van der Waals surface area (Å²) in [5, 5.41) is 11.4. The van der Waals surface area contributed by atoms with E-state index in [4.69, 9.17) is 9.05 Å². The Morgan fingerprint density at radius 1 is 1.09 bits per heavy atom. The van der Waals surface area contributed by atoms with Crippen LogP contribution in [-0.2, 0) is 13.6 Å². The first kappa shape index (κ1) is 18.0. The molecule has 2 rings (SSSR count). The van der Waals surface area contributed by atoms with E-state index in [0.717, 1.165) is 0 Å². The molecular weight excluding hydrogens is 325 g/mol. The molecule has 0 aliphatic heterocycles. The van der Waals surface area contributed by atoms with Gasteiger partial charge in [-0.15, -0.1) is 0 Å². The van der Waals surface area contributed by atoms with E-state index in [1.165, 1.54) is 19.9 Å². The summed E-state index contributed by atoms with van der Waals surface area (Å²) in [7, 11) is -4.81. The van der Waals surface area contributed by atoms with Crippen molar-refractivity contribution in [2.75, 3.05) is 13.2 Å². The van der Waals surface area contributed by atoms with Gasteiger partial charge in [0.25, 0.3) is 0 Å². The zero-order chi connectivity index (χ0) is 17.1. The second kappa shape index (κ2) is 7.05. The molecule has 2 aromatic carbocycles. The smallest absolute Gasteiger partial charge is 0.381 e. The lowest BCUT2D eigenvalue weighted by atomic mass is 10.0. The number of aliphatic hydroxyl groups excluding tert-OH is 1. The highest BCUT2D eigenvalue weighted by Gasteiger charge is 2.59. The van der Waals surface area contributed by atoms with Crippen LogP contribution >= 0.6 is 7.60 Å². The minimum atomic E-state index is -4.81. The molecule has 0 radical (unpaired) electrons. The molecule has 1 atom stereocenters. The lowest BCUT2D eigenvalue weighted by Crippen LogP contribution is -2.29. The van der Waals surface area contributed by atoms with Crippen LogP contribution in [0.4, 0.5) is 8.78 Å². The average Bonchev–Trinajstić information content (AvgIpc) is 2.54. The molecule has 0 aliphatic rings. The van der Waals surface area contributed by atoms with Crippen molar-refractivity contribution >= 4 is 18.4 Å². The van der Waals surface area contributed by atoms with Gasteiger partial charge in [0.2, 0.25) is 0 Å². The molecule has 23 heavy (non-hydrogen) atoms. The van der Waals surface area contributed by atoms with Gasteiger partial charge in [0, 0.05) is 0 Å². The summed E-state index contributed by atoms with van der Waals surface area (Å²) in [6, 6.07) is 11.5. The summed E-state index contributed by atoms with van der Waals surface area (Å²) in [4.78, 5) is 0. The van der Waals surface area contributed by atoms with Crippen molar-refractivity contribution in [3.05, 3.63) is 48.0 Å². The number of aliphatic hydroxyl groups is 1. The summed E-state index contributed by atoms with van der Waals surface area (Å²) in [6.45, 7) is 2.45. The first-order valence-electron chi connectivity index (χ1n) is 7.30. The van der Waals surface area contributed by atoms with Crippen LogP contribution in [0.1, 0.15) is 25.5 Å². The van der Waals surface area contributed by atoms with Gasteiger partial charge in [0.1, 0.15) is 0 Å². The van der Waals surface area contributed by atoms with Crippen LogP contribution in [0.15, 0.2) is 42.5 Å². The average molecular weight is 344 g/mol. The van der Waals surface area contributed by atoms with Gasteiger partial charge in [0.05, 0.1) is 13.2 Å². The molecule has 0 spiro atoms. The van der Waals surface area contributed by atoms with Crippen molar-refractivity contribution < 1.29 is 27.5 Å². The summed E-state index contributed by atoms with van der Waals surface area (Å²) in [5.41, 5.74) is -4.09. The van der Waals surface area contributed by atoms with Crippen molar-refractivity contribution in [3.63, 3.8) is 0 Å². The fraction of sp³-hybridized carbons (Fsp3) is 0.375. The van der Waals surface area contributed by atoms with Gasteiger partial charge in [-0.25, -0.2) is 0 Å². The molecule has 0 aliphatic carbocycles. The zero-order valence-electron chi connectivity index (χ0n) is 12.9. The quantitative estimate of drug-likeness (QED) is 0.738. The summed E-state index contributed by atoms with van der Waals surface area (Å²) in [5.74, 6) is 0. The molecular formula is C16H19F2O4P. The van der Waals surface area contributed by atoms with E-state index >= 15 is 0 Å². The van der Waals surface area contributed by atoms with Crippen molar-refractivity contribution in [1.82, 2.24) is 0 Å². The van der Waals surface area contributed by atoms with Gasteiger partial charge < -0.3 is 14.2 Å². The predicted molar refractivity (Wildman–Crippen MR) is 84.7 cm³/mol. The van der Waals surface area contributed by atoms with Crippen LogP contribution in [0.3, 0.4) is 0 Å². The fourth-order valence-electron chi connectivity index (χ4n) is 2.38. The van der Waals surface area contributed by atoms with Crippen molar-refractivity contribution in [2.45, 2.75) is 25.6 Å². The minimum absolute atomic E-state index is 0.0206. The van der Waals surface area contributed by atoms with Crippen LogP contribution in [0.25, 0.3) is 10.8 Å². The topological polar surface area (TPSA) is 55.8 Å². The lowest BCUT2D eigenvalue weighted by molar-refractivity contribution is -0.0670. The van der Waals surface area contributed by atoms with E-state index in [1.54, 1.807) is 36.4 Å². The molecule has 7 heteroatoms. The van der Waals surface area contributed by atoms with Gasteiger partial charge >= 0.3 is 13.3 Å². The lowest BCUT2D eigenvalue weighted by Gasteiger charge is -2.29. The normalized spacial score (nSPS) is 14.1.